The molecule has 1 aromatic rings. The minimum Gasteiger partial charge on any atom is -0.497 e. The van der Waals surface area contributed by atoms with E-state index in [1.807, 2.05) is 17.8 Å². The molecule has 0 radical (unpaired) electrons. The van der Waals surface area contributed by atoms with Crippen LogP contribution in [0, 0.1) is 0 Å². The molecule has 1 aromatic carbocycles. The second-order valence-electron chi connectivity index (χ2n) is 3.96. The molecule has 0 bridgehead atoms. The molecule has 4 heteroatoms. The molecule has 0 saturated carbocycles. The maximum atomic E-state index is 5.75. The van der Waals surface area contributed by atoms with E-state index < -0.39 is 0 Å². The fraction of sp³-hybridized carbons (Fsp3) is 0.500. The predicted molar refractivity (Wildman–Crippen MR) is 69.6 cm³/mol. The summed E-state index contributed by atoms with van der Waals surface area (Å²) in [5.41, 5.74) is 7.01. The monoisotopic (exact) mass is 238 g/mol. The van der Waals surface area contributed by atoms with Crippen LogP contribution in [0.2, 0.25) is 0 Å². The molecular formula is C12H18N2OS. The summed E-state index contributed by atoms with van der Waals surface area (Å²) in [7, 11) is 1.70. The lowest BCUT2D eigenvalue weighted by Gasteiger charge is -2.35. The molecule has 0 aromatic heterocycles. The van der Waals surface area contributed by atoms with Gasteiger partial charge in [0.05, 0.1) is 12.8 Å². The molecule has 2 rings (SSSR count). The van der Waals surface area contributed by atoms with Crippen molar-refractivity contribution in [2.75, 3.05) is 30.9 Å². The fourth-order valence-corrected chi connectivity index (χ4v) is 2.93. The Morgan fingerprint density at radius 1 is 1.56 bits per heavy atom. The van der Waals surface area contributed by atoms with E-state index in [1.165, 1.54) is 10.6 Å². The van der Waals surface area contributed by atoms with E-state index in [-0.39, 0.29) is 0 Å². The summed E-state index contributed by atoms with van der Waals surface area (Å²) in [4.78, 5) is 3.70. The number of hydrogen-bond donors (Lipinski definition) is 1. The molecule has 1 atom stereocenters. The molecule has 88 valence electrons. The normalized spacial score (nSPS) is 16.8. The van der Waals surface area contributed by atoms with Crippen molar-refractivity contribution in [3.8, 4) is 5.75 Å². The van der Waals surface area contributed by atoms with Crippen molar-refractivity contribution in [1.82, 2.24) is 0 Å². The Balaban J connectivity index is 2.35. The van der Waals surface area contributed by atoms with E-state index in [1.54, 1.807) is 7.11 Å². The Labute approximate surface area is 101 Å². The Kier molecular flexibility index (Phi) is 3.61. The SMILES string of the molecule is COc1ccc2c(c1)N(C(C)CN)CCS2. The Hall–Kier alpha value is -0.870. The third-order valence-corrected chi connectivity index (χ3v) is 3.98. The lowest BCUT2D eigenvalue weighted by molar-refractivity contribution is 0.414. The topological polar surface area (TPSA) is 38.5 Å². The fourth-order valence-electron chi connectivity index (χ4n) is 1.93. The highest BCUT2D eigenvalue weighted by Gasteiger charge is 2.21. The highest BCUT2D eigenvalue weighted by Crippen LogP contribution is 2.37. The zero-order chi connectivity index (χ0) is 11.5. The van der Waals surface area contributed by atoms with Crippen LogP contribution >= 0.6 is 11.8 Å². The first-order chi connectivity index (χ1) is 7.76. The van der Waals surface area contributed by atoms with Gasteiger partial charge >= 0.3 is 0 Å². The number of ether oxygens (including phenoxy) is 1. The number of nitrogens with two attached hydrogens (primary N) is 1. The van der Waals surface area contributed by atoms with Crippen molar-refractivity contribution in [3.05, 3.63) is 18.2 Å². The first-order valence-corrected chi connectivity index (χ1v) is 6.52. The van der Waals surface area contributed by atoms with Crippen LogP contribution in [0.5, 0.6) is 5.75 Å². The van der Waals surface area contributed by atoms with Gasteiger partial charge in [-0.3, -0.25) is 0 Å². The van der Waals surface area contributed by atoms with Gasteiger partial charge in [-0.05, 0) is 19.1 Å². The zero-order valence-corrected chi connectivity index (χ0v) is 10.6. The average Bonchev–Trinajstić information content (AvgIpc) is 2.36. The summed E-state index contributed by atoms with van der Waals surface area (Å²) < 4.78 is 5.27. The zero-order valence-electron chi connectivity index (χ0n) is 9.77. The molecule has 2 N–H and O–H groups in total. The molecule has 1 unspecified atom stereocenters. The Bertz CT molecular complexity index is 370. The van der Waals surface area contributed by atoms with Crippen LogP contribution in [0.1, 0.15) is 6.92 Å². The highest BCUT2D eigenvalue weighted by molar-refractivity contribution is 7.99. The second kappa shape index (κ2) is 4.97. The van der Waals surface area contributed by atoms with Crippen LogP contribution in [0.4, 0.5) is 5.69 Å². The summed E-state index contributed by atoms with van der Waals surface area (Å²) in [5, 5.41) is 0. The van der Waals surface area contributed by atoms with Crippen molar-refractivity contribution in [1.29, 1.82) is 0 Å². The van der Waals surface area contributed by atoms with E-state index in [0.29, 0.717) is 12.6 Å². The molecule has 0 fully saturated rings. The number of benzene rings is 1. The van der Waals surface area contributed by atoms with Crippen molar-refractivity contribution >= 4 is 17.4 Å². The van der Waals surface area contributed by atoms with Crippen molar-refractivity contribution < 1.29 is 4.74 Å². The van der Waals surface area contributed by atoms with Crippen LogP contribution in [0.25, 0.3) is 0 Å². The number of rotatable bonds is 3. The molecule has 0 spiro atoms. The molecular weight excluding hydrogens is 220 g/mol. The van der Waals surface area contributed by atoms with Crippen LogP contribution in [0.3, 0.4) is 0 Å². The molecule has 3 nitrogen and oxygen atoms in total. The van der Waals surface area contributed by atoms with Gasteiger partial charge in [0.1, 0.15) is 5.75 Å². The number of methoxy groups -OCH3 is 1. The first-order valence-electron chi connectivity index (χ1n) is 5.54. The maximum Gasteiger partial charge on any atom is 0.121 e. The Morgan fingerprint density at radius 3 is 3.06 bits per heavy atom. The third kappa shape index (κ3) is 2.13. The Morgan fingerprint density at radius 2 is 2.38 bits per heavy atom. The van der Waals surface area contributed by atoms with E-state index >= 15 is 0 Å². The summed E-state index contributed by atoms with van der Waals surface area (Å²) in [6.07, 6.45) is 0. The molecule has 1 aliphatic heterocycles. The lowest BCUT2D eigenvalue weighted by atomic mass is 10.2. The van der Waals surface area contributed by atoms with E-state index in [2.05, 4.69) is 24.0 Å². The molecule has 1 aliphatic rings. The van der Waals surface area contributed by atoms with Crippen LogP contribution in [-0.2, 0) is 0 Å². The second-order valence-corrected chi connectivity index (χ2v) is 5.10. The maximum absolute atomic E-state index is 5.75. The smallest absolute Gasteiger partial charge is 0.121 e. The standard InChI is InChI=1S/C12H18N2OS/c1-9(8-13)14-5-6-16-12-4-3-10(15-2)7-11(12)14/h3-4,7,9H,5-6,8,13H2,1-2H3. The third-order valence-electron chi connectivity index (χ3n) is 2.94. The van der Waals surface area contributed by atoms with Gasteiger partial charge in [0.2, 0.25) is 0 Å². The van der Waals surface area contributed by atoms with Crippen molar-refractivity contribution in [2.24, 2.45) is 5.73 Å². The largest absolute Gasteiger partial charge is 0.497 e. The predicted octanol–water partition coefficient (Wildman–Crippen LogP) is 1.95. The van der Waals surface area contributed by atoms with E-state index in [9.17, 15) is 0 Å². The molecule has 0 saturated heterocycles. The minimum atomic E-state index is 0.381. The van der Waals surface area contributed by atoms with Gasteiger partial charge in [0.15, 0.2) is 0 Å². The van der Waals surface area contributed by atoms with Crippen molar-refractivity contribution in [2.45, 2.75) is 17.9 Å². The van der Waals surface area contributed by atoms with Gasteiger partial charge in [0.25, 0.3) is 0 Å². The van der Waals surface area contributed by atoms with Gasteiger partial charge in [0, 0.05) is 35.8 Å². The van der Waals surface area contributed by atoms with E-state index in [4.69, 9.17) is 10.5 Å². The van der Waals surface area contributed by atoms with Gasteiger partial charge in [-0.2, -0.15) is 0 Å². The van der Waals surface area contributed by atoms with Gasteiger partial charge in [-0.1, -0.05) is 0 Å². The molecule has 1 heterocycles. The summed E-state index contributed by atoms with van der Waals surface area (Å²) in [6.45, 7) is 3.91. The van der Waals surface area contributed by atoms with Crippen LogP contribution < -0.4 is 15.4 Å². The molecule has 16 heavy (non-hydrogen) atoms. The first kappa shape index (κ1) is 11.6. The lowest BCUT2D eigenvalue weighted by Crippen LogP contribution is -2.41. The highest BCUT2D eigenvalue weighted by atomic mass is 32.2. The van der Waals surface area contributed by atoms with Crippen LogP contribution in [-0.4, -0.2) is 32.0 Å². The van der Waals surface area contributed by atoms with Crippen LogP contribution in [0.15, 0.2) is 23.1 Å². The van der Waals surface area contributed by atoms with Gasteiger partial charge in [-0.25, -0.2) is 0 Å². The van der Waals surface area contributed by atoms with E-state index in [0.717, 1.165) is 18.0 Å². The van der Waals surface area contributed by atoms with Gasteiger partial charge < -0.3 is 15.4 Å². The number of fused-ring (bicyclic) bond motifs is 1. The molecule has 0 amide bonds. The summed E-state index contributed by atoms with van der Waals surface area (Å²) in [5.74, 6) is 2.04. The summed E-state index contributed by atoms with van der Waals surface area (Å²) in [6, 6.07) is 6.64. The average molecular weight is 238 g/mol. The van der Waals surface area contributed by atoms with Crippen molar-refractivity contribution in [3.63, 3.8) is 0 Å². The summed E-state index contributed by atoms with van der Waals surface area (Å²) >= 11 is 1.90. The number of nitrogens with zero attached hydrogens (tertiary/aromatic N) is 1. The van der Waals surface area contributed by atoms with Gasteiger partial charge in [-0.15, -0.1) is 11.8 Å². The number of anilines is 1. The number of thioether (sulfide) groups is 1. The quantitative estimate of drug-likeness (QED) is 0.873. The minimum absolute atomic E-state index is 0.381. The number of hydrogen-bond acceptors (Lipinski definition) is 4. The molecule has 0 aliphatic carbocycles.